The van der Waals surface area contributed by atoms with Crippen LogP contribution in [0.5, 0.6) is 5.75 Å². The Bertz CT molecular complexity index is 558. The lowest BCUT2D eigenvalue weighted by Crippen LogP contribution is -2.46. The molecule has 132 valence electrons. The molecule has 1 aromatic carbocycles. The average Bonchev–Trinajstić information content (AvgIpc) is 2.57. The van der Waals surface area contributed by atoms with Crippen LogP contribution < -0.4 is 15.4 Å². The van der Waals surface area contributed by atoms with Gasteiger partial charge in [0.25, 0.3) is 5.91 Å². The first-order chi connectivity index (χ1) is 11.5. The van der Waals surface area contributed by atoms with Gasteiger partial charge in [0.1, 0.15) is 11.8 Å². The van der Waals surface area contributed by atoms with Crippen LogP contribution in [0.15, 0.2) is 24.3 Å². The SMILES string of the molecule is CCOc1ccc(C(=O)NCC(=O)NC(CCOC)C(=O)O)cc1. The summed E-state index contributed by atoms with van der Waals surface area (Å²) < 4.78 is 10.1. The minimum Gasteiger partial charge on any atom is -0.494 e. The lowest BCUT2D eigenvalue weighted by Gasteiger charge is -2.14. The Morgan fingerprint density at radius 3 is 2.42 bits per heavy atom. The number of carbonyl (C=O) groups is 3. The largest absolute Gasteiger partial charge is 0.494 e. The summed E-state index contributed by atoms with van der Waals surface area (Å²) in [7, 11) is 1.44. The van der Waals surface area contributed by atoms with Gasteiger partial charge in [-0.2, -0.15) is 0 Å². The molecule has 1 aromatic rings. The Kier molecular flexibility index (Phi) is 8.28. The number of methoxy groups -OCH3 is 1. The Balaban J connectivity index is 2.47. The molecule has 0 saturated heterocycles. The second-order valence-electron chi connectivity index (χ2n) is 4.88. The van der Waals surface area contributed by atoms with Gasteiger partial charge in [0.05, 0.1) is 13.2 Å². The van der Waals surface area contributed by atoms with Crippen LogP contribution in [-0.2, 0) is 14.3 Å². The molecule has 0 bridgehead atoms. The molecule has 0 aliphatic rings. The van der Waals surface area contributed by atoms with E-state index in [1.807, 2.05) is 6.92 Å². The van der Waals surface area contributed by atoms with Crippen LogP contribution in [0.2, 0.25) is 0 Å². The number of carboxylic acids is 1. The minimum atomic E-state index is -1.15. The van der Waals surface area contributed by atoms with Gasteiger partial charge < -0.3 is 25.2 Å². The van der Waals surface area contributed by atoms with E-state index in [4.69, 9.17) is 14.6 Å². The molecule has 24 heavy (non-hydrogen) atoms. The normalized spacial score (nSPS) is 11.4. The van der Waals surface area contributed by atoms with Crippen molar-refractivity contribution in [3.05, 3.63) is 29.8 Å². The van der Waals surface area contributed by atoms with Crippen molar-refractivity contribution < 1.29 is 29.0 Å². The van der Waals surface area contributed by atoms with Crippen molar-refractivity contribution in [2.45, 2.75) is 19.4 Å². The zero-order valence-corrected chi connectivity index (χ0v) is 13.7. The molecule has 2 amide bonds. The first-order valence-corrected chi connectivity index (χ1v) is 7.50. The molecule has 0 radical (unpaired) electrons. The summed E-state index contributed by atoms with van der Waals surface area (Å²) in [6, 6.07) is 5.42. The van der Waals surface area contributed by atoms with E-state index in [2.05, 4.69) is 10.6 Å². The molecule has 1 rings (SSSR count). The number of benzene rings is 1. The number of hydrogen-bond acceptors (Lipinski definition) is 5. The molecule has 0 aromatic heterocycles. The zero-order valence-electron chi connectivity index (χ0n) is 13.7. The molecule has 0 heterocycles. The Morgan fingerprint density at radius 1 is 1.21 bits per heavy atom. The van der Waals surface area contributed by atoms with Crippen molar-refractivity contribution >= 4 is 17.8 Å². The van der Waals surface area contributed by atoms with Crippen LogP contribution >= 0.6 is 0 Å². The molecular formula is C16H22N2O6. The van der Waals surface area contributed by atoms with Crippen LogP contribution in [0.25, 0.3) is 0 Å². The van der Waals surface area contributed by atoms with Crippen LogP contribution in [-0.4, -0.2) is 55.8 Å². The fourth-order valence-electron chi connectivity index (χ4n) is 1.87. The van der Waals surface area contributed by atoms with Gasteiger partial charge in [0, 0.05) is 25.7 Å². The fourth-order valence-corrected chi connectivity index (χ4v) is 1.87. The Morgan fingerprint density at radius 2 is 1.88 bits per heavy atom. The highest BCUT2D eigenvalue weighted by molar-refractivity contribution is 5.96. The lowest BCUT2D eigenvalue weighted by molar-refractivity contribution is -0.142. The standard InChI is InChI=1S/C16H22N2O6/c1-3-24-12-6-4-11(5-7-12)15(20)17-10-14(19)18-13(16(21)22)8-9-23-2/h4-7,13H,3,8-10H2,1-2H3,(H,17,20)(H,18,19)(H,21,22). The third kappa shape index (κ3) is 6.66. The molecule has 1 unspecified atom stereocenters. The molecule has 8 nitrogen and oxygen atoms in total. The highest BCUT2D eigenvalue weighted by Gasteiger charge is 2.19. The van der Waals surface area contributed by atoms with E-state index in [9.17, 15) is 14.4 Å². The smallest absolute Gasteiger partial charge is 0.326 e. The summed E-state index contributed by atoms with van der Waals surface area (Å²) in [6.07, 6.45) is 0.143. The highest BCUT2D eigenvalue weighted by Crippen LogP contribution is 2.11. The second kappa shape index (κ2) is 10.2. The third-order valence-corrected chi connectivity index (χ3v) is 3.08. The number of nitrogens with one attached hydrogen (secondary N) is 2. The van der Waals surface area contributed by atoms with Gasteiger partial charge in [-0.25, -0.2) is 4.79 Å². The maximum atomic E-state index is 11.9. The number of carboxylic acid groups (broad SMARTS) is 1. The fraction of sp³-hybridized carbons (Fsp3) is 0.438. The van der Waals surface area contributed by atoms with Crippen LogP contribution in [0.3, 0.4) is 0 Å². The summed E-state index contributed by atoms with van der Waals surface area (Å²) in [4.78, 5) is 34.7. The molecule has 3 N–H and O–H groups in total. The maximum Gasteiger partial charge on any atom is 0.326 e. The maximum absolute atomic E-state index is 11.9. The zero-order chi connectivity index (χ0) is 17.9. The average molecular weight is 338 g/mol. The molecule has 0 fully saturated rings. The number of hydrogen-bond donors (Lipinski definition) is 3. The molecule has 8 heteroatoms. The number of ether oxygens (including phenoxy) is 2. The lowest BCUT2D eigenvalue weighted by atomic mass is 10.2. The van der Waals surface area contributed by atoms with E-state index >= 15 is 0 Å². The van der Waals surface area contributed by atoms with Crippen LogP contribution in [0, 0.1) is 0 Å². The molecule has 0 aliphatic carbocycles. The van der Waals surface area contributed by atoms with E-state index in [1.165, 1.54) is 7.11 Å². The van der Waals surface area contributed by atoms with Gasteiger partial charge >= 0.3 is 5.97 Å². The van der Waals surface area contributed by atoms with Gasteiger partial charge in [-0.15, -0.1) is 0 Å². The van der Waals surface area contributed by atoms with Crippen molar-refractivity contribution in [3.63, 3.8) is 0 Å². The van der Waals surface area contributed by atoms with Crippen molar-refractivity contribution in [2.75, 3.05) is 26.9 Å². The van der Waals surface area contributed by atoms with E-state index in [1.54, 1.807) is 24.3 Å². The summed E-state index contributed by atoms with van der Waals surface area (Å²) >= 11 is 0. The van der Waals surface area contributed by atoms with Gasteiger partial charge in [-0.05, 0) is 31.2 Å². The van der Waals surface area contributed by atoms with E-state index in [-0.39, 0.29) is 19.6 Å². The van der Waals surface area contributed by atoms with E-state index < -0.39 is 23.8 Å². The molecule has 1 atom stereocenters. The van der Waals surface area contributed by atoms with Crippen molar-refractivity contribution in [1.29, 1.82) is 0 Å². The van der Waals surface area contributed by atoms with Crippen molar-refractivity contribution in [3.8, 4) is 5.75 Å². The van der Waals surface area contributed by atoms with E-state index in [0.29, 0.717) is 17.9 Å². The van der Waals surface area contributed by atoms with Crippen molar-refractivity contribution in [1.82, 2.24) is 10.6 Å². The van der Waals surface area contributed by atoms with Crippen LogP contribution in [0.1, 0.15) is 23.7 Å². The summed E-state index contributed by atoms with van der Waals surface area (Å²) in [5.41, 5.74) is 0.375. The Hall–Kier alpha value is -2.61. The number of rotatable bonds is 10. The summed E-state index contributed by atoms with van der Waals surface area (Å²) in [6.45, 7) is 2.27. The second-order valence-corrected chi connectivity index (χ2v) is 4.88. The number of amides is 2. The number of aliphatic carboxylic acids is 1. The summed E-state index contributed by atoms with van der Waals surface area (Å²) in [5.74, 6) is -1.53. The first-order valence-electron chi connectivity index (χ1n) is 7.50. The predicted molar refractivity (Wildman–Crippen MR) is 86.0 cm³/mol. The first kappa shape index (κ1) is 19.4. The Labute approximate surface area is 140 Å². The van der Waals surface area contributed by atoms with E-state index in [0.717, 1.165) is 0 Å². The highest BCUT2D eigenvalue weighted by atomic mass is 16.5. The van der Waals surface area contributed by atoms with Gasteiger partial charge in [-0.3, -0.25) is 9.59 Å². The van der Waals surface area contributed by atoms with Crippen LogP contribution in [0.4, 0.5) is 0 Å². The van der Waals surface area contributed by atoms with Gasteiger partial charge in [-0.1, -0.05) is 0 Å². The monoisotopic (exact) mass is 338 g/mol. The topological polar surface area (TPSA) is 114 Å². The minimum absolute atomic E-state index is 0.143. The van der Waals surface area contributed by atoms with Crippen molar-refractivity contribution in [2.24, 2.45) is 0 Å². The molecule has 0 spiro atoms. The molecular weight excluding hydrogens is 316 g/mol. The summed E-state index contributed by atoms with van der Waals surface area (Å²) in [5, 5.41) is 13.8. The third-order valence-electron chi connectivity index (χ3n) is 3.08. The quantitative estimate of drug-likeness (QED) is 0.570. The number of carbonyl (C=O) groups excluding carboxylic acids is 2. The molecule has 0 aliphatic heterocycles. The van der Waals surface area contributed by atoms with Gasteiger partial charge in [0.15, 0.2) is 0 Å². The van der Waals surface area contributed by atoms with Gasteiger partial charge in [0.2, 0.25) is 5.91 Å². The predicted octanol–water partition coefficient (Wildman–Crippen LogP) is 0.421. The molecule has 0 saturated carbocycles.